The number of pyridine rings is 1. The Bertz CT molecular complexity index is 753. The Morgan fingerprint density at radius 1 is 1.19 bits per heavy atom. The van der Waals surface area contributed by atoms with Gasteiger partial charge < -0.3 is 10.2 Å². The molecule has 5 nitrogen and oxygen atoms in total. The smallest absolute Gasteiger partial charge is 0.223 e. The van der Waals surface area contributed by atoms with E-state index < -0.39 is 0 Å². The topological polar surface area (TPSA) is 58.1 Å². The van der Waals surface area contributed by atoms with Crippen LogP contribution in [0.15, 0.2) is 24.5 Å². The molecular weight excluding hydrogens is 356 g/mol. The van der Waals surface area contributed by atoms with Crippen molar-refractivity contribution in [2.24, 2.45) is 5.92 Å². The Balaban J connectivity index is 1.30. The molecule has 4 rings (SSSR count). The Kier molecular flexibility index (Phi) is 6.14. The first-order valence-corrected chi connectivity index (χ1v) is 11.0. The van der Waals surface area contributed by atoms with Crippen LogP contribution in [0.4, 0.5) is 0 Å². The van der Waals surface area contributed by atoms with Gasteiger partial charge >= 0.3 is 0 Å². The Hall–Kier alpha value is -1.79. The molecule has 144 valence electrons. The van der Waals surface area contributed by atoms with Crippen molar-refractivity contribution in [3.8, 4) is 10.6 Å². The van der Waals surface area contributed by atoms with Gasteiger partial charge in [-0.2, -0.15) is 0 Å². The van der Waals surface area contributed by atoms with E-state index in [9.17, 15) is 4.79 Å². The number of hydrogen-bond donors (Lipinski definition) is 1. The lowest BCUT2D eigenvalue weighted by Crippen LogP contribution is -2.39. The summed E-state index contributed by atoms with van der Waals surface area (Å²) in [4.78, 5) is 25.4. The number of thiazole rings is 1. The SMILES string of the molecule is O=C(NCCN1CCCCCC1)C1CCc2sc(-c3ccncc3)nc2C1. The van der Waals surface area contributed by atoms with E-state index in [1.165, 1.54) is 43.6 Å². The van der Waals surface area contributed by atoms with Crippen molar-refractivity contribution < 1.29 is 4.79 Å². The minimum atomic E-state index is 0.0639. The van der Waals surface area contributed by atoms with Crippen molar-refractivity contribution in [1.82, 2.24) is 20.2 Å². The normalized spacial score (nSPS) is 20.7. The van der Waals surface area contributed by atoms with Gasteiger partial charge in [0.15, 0.2) is 0 Å². The standard InChI is InChI=1S/C21H28N4OS/c26-20(23-11-14-25-12-3-1-2-4-13-25)17-5-6-19-18(15-17)24-21(27-19)16-7-9-22-10-8-16/h7-10,17H,1-6,11-15H2,(H,23,26). The van der Waals surface area contributed by atoms with Crippen molar-refractivity contribution in [3.63, 3.8) is 0 Å². The largest absolute Gasteiger partial charge is 0.355 e. The highest BCUT2D eigenvalue weighted by Crippen LogP contribution is 2.34. The number of amides is 1. The third kappa shape index (κ3) is 4.74. The first-order valence-electron chi connectivity index (χ1n) is 10.2. The third-order valence-electron chi connectivity index (χ3n) is 5.66. The molecule has 0 radical (unpaired) electrons. The van der Waals surface area contributed by atoms with Crippen molar-refractivity contribution in [1.29, 1.82) is 0 Å². The van der Waals surface area contributed by atoms with Crippen LogP contribution in [0.5, 0.6) is 0 Å². The summed E-state index contributed by atoms with van der Waals surface area (Å²) in [5.74, 6) is 0.267. The van der Waals surface area contributed by atoms with Crippen LogP contribution in [0.1, 0.15) is 42.7 Å². The summed E-state index contributed by atoms with van der Waals surface area (Å²) in [6, 6.07) is 3.99. The van der Waals surface area contributed by atoms with Crippen LogP contribution in [-0.2, 0) is 17.6 Å². The number of rotatable bonds is 5. The van der Waals surface area contributed by atoms with Crippen LogP contribution in [0, 0.1) is 5.92 Å². The van der Waals surface area contributed by atoms with E-state index in [0.717, 1.165) is 48.6 Å². The molecule has 1 atom stereocenters. The quantitative estimate of drug-likeness (QED) is 0.859. The van der Waals surface area contributed by atoms with Gasteiger partial charge in [0.2, 0.25) is 5.91 Å². The lowest BCUT2D eigenvalue weighted by atomic mass is 9.90. The zero-order valence-corrected chi connectivity index (χ0v) is 16.6. The van der Waals surface area contributed by atoms with E-state index in [-0.39, 0.29) is 11.8 Å². The van der Waals surface area contributed by atoms with Crippen molar-refractivity contribution >= 4 is 17.2 Å². The summed E-state index contributed by atoms with van der Waals surface area (Å²) in [5.41, 5.74) is 2.23. The van der Waals surface area contributed by atoms with Crippen LogP contribution in [0.3, 0.4) is 0 Å². The highest BCUT2D eigenvalue weighted by atomic mass is 32.1. The molecule has 0 spiro atoms. The van der Waals surface area contributed by atoms with Gasteiger partial charge in [0.25, 0.3) is 0 Å². The Morgan fingerprint density at radius 3 is 2.74 bits per heavy atom. The summed E-state index contributed by atoms with van der Waals surface area (Å²) in [7, 11) is 0. The summed E-state index contributed by atoms with van der Waals surface area (Å²) in [5, 5.41) is 4.22. The first-order chi connectivity index (χ1) is 13.3. The Morgan fingerprint density at radius 2 is 1.96 bits per heavy atom. The predicted octanol–water partition coefficient (Wildman–Crippen LogP) is 3.30. The molecular formula is C21H28N4OS. The van der Waals surface area contributed by atoms with E-state index >= 15 is 0 Å². The second-order valence-electron chi connectivity index (χ2n) is 7.61. The zero-order chi connectivity index (χ0) is 18.5. The highest BCUT2D eigenvalue weighted by molar-refractivity contribution is 7.15. The second-order valence-corrected chi connectivity index (χ2v) is 8.70. The molecule has 6 heteroatoms. The Labute approximate surface area is 165 Å². The van der Waals surface area contributed by atoms with Gasteiger partial charge in [-0.05, 0) is 50.9 Å². The number of nitrogens with zero attached hydrogens (tertiary/aromatic N) is 3. The number of aryl methyl sites for hydroxylation is 1. The molecule has 2 aromatic rings. The van der Waals surface area contributed by atoms with Gasteiger partial charge in [-0.25, -0.2) is 4.98 Å². The maximum atomic E-state index is 12.6. The van der Waals surface area contributed by atoms with E-state index in [1.54, 1.807) is 23.7 Å². The number of likely N-dealkylation sites (tertiary alicyclic amines) is 1. The maximum absolute atomic E-state index is 12.6. The highest BCUT2D eigenvalue weighted by Gasteiger charge is 2.27. The van der Waals surface area contributed by atoms with Crippen LogP contribution in [0.25, 0.3) is 10.6 Å². The van der Waals surface area contributed by atoms with Crippen molar-refractivity contribution in [2.75, 3.05) is 26.2 Å². The summed E-state index contributed by atoms with van der Waals surface area (Å²) < 4.78 is 0. The average Bonchev–Trinajstić information content (AvgIpc) is 2.96. The molecule has 2 aromatic heterocycles. The molecule has 27 heavy (non-hydrogen) atoms. The van der Waals surface area contributed by atoms with Gasteiger partial charge in [0.1, 0.15) is 5.01 Å². The second kappa shape index (κ2) is 8.93. The fraction of sp³-hybridized carbons (Fsp3) is 0.571. The molecule has 1 fully saturated rings. The van der Waals surface area contributed by atoms with Crippen LogP contribution >= 0.6 is 11.3 Å². The fourth-order valence-corrected chi connectivity index (χ4v) is 5.17. The maximum Gasteiger partial charge on any atom is 0.223 e. The van der Waals surface area contributed by atoms with E-state index in [1.807, 2.05) is 12.1 Å². The zero-order valence-electron chi connectivity index (χ0n) is 15.8. The van der Waals surface area contributed by atoms with Gasteiger partial charge in [-0.15, -0.1) is 11.3 Å². The molecule has 0 bridgehead atoms. The van der Waals surface area contributed by atoms with Crippen molar-refractivity contribution in [2.45, 2.75) is 44.9 Å². The lowest BCUT2D eigenvalue weighted by molar-refractivity contribution is -0.125. The third-order valence-corrected chi connectivity index (χ3v) is 6.87. The number of nitrogens with one attached hydrogen (secondary N) is 1. The van der Waals surface area contributed by atoms with Crippen LogP contribution in [0.2, 0.25) is 0 Å². The molecule has 1 aliphatic carbocycles. The molecule has 1 aliphatic heterocycles. The molecule has 2 aliphatic rings. The lowest BCUT2D eigenvalue weighted by Gasteiger charge is -2.23. The first kappa shape index (κ1) is 18.6. The monoisotopic (exact) mass is 384 g/mol. The number of aromatic nitrogens is 2. The van der Waals surface area contributed by atoms with Crippen LogP contribution < -0.4 is 5.32 Å². The molecule has 1 saturated heterocycles. The van der Waals surface area contributed by atoms with E-state index in [4.69, 9.17) is 4.98 Å². The van der Waals surface area contributed by atoms with E-state index in [0.29, 0.717) is 0 Å². The van der Waals surface area contributed by atoms with E-state index in [2.05, 4.69) is 15.2 Å². The minimum absolute atomic E-state index is 0.0639. The van der Waals surface area contributed by atoms with Gasteiger partial charge in [-0.1, -0.05) is 12.8 Å². The fourth-order valence-electron chi connectivity index (χ4n) is 4.06. The average molecular weight is 385 g/mol. The van der Waals surface area contributed by atoms with Crippen LogP contribution in [-0.4, -0.2) is 47.0 Å². The molecule has 1 unspecified atom stereocenters. The van der Waals surface area contributed by atoms with Gasteiger partial charge in [-0.3, -0.25) is 9.78 Å². The molecule has 0 saturated carbocycles. The number of carbonyl (C=O) groups excluding carboxylic acids is 1. The molecule has 1 N–H and O–H groups in total. The van der Waals surface area contributed by atoms with Gasteiger partial charge in [0.05, 0.1) is 5.69 Å². The van der Waals surface area contributed by atoms with Gasteiger partial charge in [0, 0.05) is 48.3 Å². The molecule has 3 heterocycles. The number of carbonyl (C=O) groups is 1. The number of hydrogen-bond acceptors (Lipinski definition) is 5. The predicted molar refractivity (Wildman–Crippen MR) is 109 cm³/mol. The minimum Gasteiger partial charge on any atom is -0.355 e. The summed E-state index contributed by atoms with van der Waals surface area (Å²) in [6.45, 7) is 4.10. The summed E-state index contributed by atoms with van der Waals surface area (Å²) >= 11 is 1.76. The molecule has 0 aromatic carbocycles. The number of fused-ring (bicyclic) bond motifs is 1. The molecule has 1 amide bonds. The summed E-state index contributed by atoms with van der Waals surface area (Å²) in [6.07, 6.45) is 11.6. The van der Waals surface area contributed by atoms with Crippen molar-refractivity contribution in [3.05, 3.63) is 35.1 Å².